The summed E-state index contributed by atoms with van der Waals surface area (Å²) in [7, 11) is 1.71. The second-order valence-electron chi connectivity index (χ2n) is 4.59. The zero-order chi connectivity index (χ0) is 15.0. The quantitative estimate of drug-likeness (QED) is 0.726. The van der Waals surface area contributed by atoms with E-state index in [1.54, 1.807) is 18.0 Å². The van der Waals surface area contributed by atoms with Gasteiger partial charge in [0.05, 0.1) is 19.1 Å². The van der Waals surface area contributed by atoms with E-state index in [9.17, 15) is 4.79 Å². The van der Waals surface area contributed by atoms with Crippen molar-refractivity contribution in [3.8, 4) is 11.8 Å². The third-order valence-electron chi connectivity index (χ3n) is 2.91. The average molecular weight is 295 g/mol. The minimum Gasteiger partial charge on any atom is -0.493 e. The Hall–Kier alpha value is -1.73. The van der Waals surface area contributed by atoms with Crippen molar-refractivity contribution in [3.63, 3.8) is 0 Å². The van der Waals surface area contributed by atoms with Gasteiger partial charge >= 0.3 is 0 Å². The fraction of sp³-hybridized carbons (Fsp3) is 0.467. The molecule has 108 valence electrons. The maximum Gasteiger partial charge on any atom is 0.222 e. The number of benzene rings is 1. The highest BCUT2D eigenvalue weighted by atomic mass is 35.5. The molecule has 5 heteroatoms. The van der Waals surface area contributed by atoms with Crippen molar-refractivity contribution in [1.82, 2.24) is 4.90 Å². The van der Waals surface area contributed by atoms with Crippen molar-refractivity contribution in [1.29, 1.82) is 5.26 Å². The number of ether oxygens (including phenoxy) is 1. The van der Waals surface area contributed by atoms with Crippen LogP contribution in [0, 0.1) is 18.3 Å². The summed E-state index contributed by atoms with van der Waals surface area (Å²) in [6.07, 6.45) is 1.44. The first-order chi connectivity index (χ1) is 9.54. The van der Waals surface area contributed by atoms with Crippen LogP contribution in [-0.2, 0) is 4.79 Å². The van der Waals surface area contributed by atoms with E-state index < -0.39 is 0 Å². The molecular weight excluding hydrogens is 276 g/mol. The van der Waals surface area contributed by atoms with Gasteiger partial charge in [0.25, 0.3) is 0 Å². The second-order valence-corrected chi connectivity index (χ2v) is 5.02. The lowest BCUT2D eigenvalue weighted by atomic mass is 10.2. The number of rotatable bonds is 7. The number of aryl methyl sites for hydroxylation is 1. The topological polar surface area (TPSA) is 53.3 Å². The largest absolute Gasteiger partial charge is 0.493 e. The zero-order valence-electron chi connectivity index (χ0n) is 11.9. The van der Waals surface area contributed by atoms with Gasteiger partial charge < -0.3 is 9.64 Å². The summed E-state index contributed by atoms with van der Waals surface area (Å²) in [6.45, 7) is 2.90. The molecule has 0 bridgehead atoms. The second kappa shape index (κ2) is 8.44. The first-order valence-corrected chi connectivity index (χ1v) is 6.92. The summed E-state index contributed by atoms with van der Waals surface area (Å²) in [4.78, 5) is 13.3. The molecule has 0 N–H and O–H groups in total. The molecule has 0 saturated heterocycles. The van der Waals surface area contributed by atoms with Crippen molar-refractivity contribution in [2.45, 2.75) is 26.2 Å². The molecular formula is C15H19ClN2O2. The molecule has 1 rings (SSSR count). The van der Waals surface area contributed by atoms with E-state index in [1.165, 1.54) is 0 Å². The van der Waals surface area contributed by atoms with Gasteiger partial charge in [0.1, 0.15) is 5.75 Å². The Labute approximate surface area is 124 Å². The molecule has 0 aliphatic rings. The number of hydrogen-bond acceptors (Lipinski definition) is 3. The Morgan fingerprint density at radius 3 is 2.90 bits per heavy atom. The van der Waals surface area contributed by atoms with Gasteiger partial charge in [-0.05, 0) is 37.1 Å². The van der Waals surface area contributed by atoms with Crippen LogP contribution in [0.1, 0.15) is 24.8 Å². The fourth-order valence-electron chi connectivity index (χ4n) is 1.71. The van der Waals surface area contributed by atoms with Gasteiger partial charge in [0, 0.05) is 25.0 Å². The monoisotopic (exact) mass is 294 g/mol. The average Bonchev–Trinajstić information content (AvgIpc) is 2.42. The fourth-order valence-corrected chi connectivity index (χ4v) is 1.94. The van der Waals surface area contributed by atoms with Gasteiger partial charge in [-0.1, -0.05) is 11.6 Å². The number of halogens is 1. The Balaban J connectivity index is 2.28. The molecule has 0 aliphatic carbocycles. The van der Waals surface area contributed by atoms with E-state index in [4.69, 9.17) is 21.6 Å². The molecule has 4 nitrogen and oxygen atoms in total. The van der Waals surface area contributed by atoms with Crippen LogP contribution in [0.4, 0.5) is 0 Å². The smallest absolute Gasteiger partial charge is 0.222 e. The van der Waals surface area contributed by atoms with Gasteiger partial charge in [0.15, 0.2) is 0 Å². The van der Waals surface area contributed by atoms with Gasteiger partial charge in [-0.25, -0.2) is 0 Å². The van der Waals surface area contributed by atoms with Gasteiger partial charge in [-0.2, -0.15) is 5.26 Å². The van der Waals surface area contributed by atoms with Crippen LogP contribution in [0.15, 0.2) is 18.2 Å². The molecule has 1 amide bonds. The molecule has 0 heterocycles. The number of carbonyl (C=O) groups excluding carboxylic acids is 1. The van der Waals surface area contributed by atoms with E-state index in [-0.39, 0.29) is 5.91 Å². The van der Waals surface area contributed by atoms with E-state index in [0.717, 1.165) is 11.3 Å². The number of hydrogen-bond donors (Lipinski definition) is 0. The SMILES string of the molecule is Cc1cc(Cl)ccc1OCCCC(=O)N(C)CCC#N. The van der Waals surface area contributed by atoms with Crippen LogP contribution >= 0.6 is 11.6 Å². The molecule has 20 heavy (non-hydrogen) atoms. The van der Waals surface area contributed by atoms with E-state index >= 15 is 0 Å². The van der Waals surface area contributed by atoms with Crippen LogP contribution in [0.3, 0.4) is 0 Å². The maximum absolute atomic E-state index is 11.7. The molecule has 0 spiro atoms. The summed E-state index contributed by atoms with van der Waals surface area (Å²) in [5.74, 6) is 0.830. The van der Waals surface area contributed by atoms with Crippen molar-refractivity contribution >= 4 is 17.5 Å². The number of nitrogens with zero attached hydrogens (tertiary/aromatic N) is 2. The first-order valence-electron chi connectivity index (χ1n) is 6.54. The van der Waals surface area contributed by atoms with Gasteiger partial charge in [-0.3, -0.25) is 4.79 Å². The number of nitriles is 1. The van der Waals surface area contributed by atoms with Crippen molar-refractivity contribution in [3.05, 3.63) is 28.8 Å². The Bertz CT molecular complexity index is 497. The minimum absolute atomic E-state index is 0.0386. The van der Waals surface area contributed by atoms with Crippen LogP contribution in [0.25, 0.3) is 0 Å². The predicted molar refractivity (Wildman–Crippen MR) is 78.8 cm³/mol. The Morgan fingerprint density at radius 1 is 1.50 bits per heavy atom. The third kappa shape index (κ3) is 5.50. The lowest BCUT2D eigenvalue weighted by Gasteiger charge is -2.15. The summed E-state index contributed by atoms with van der Waals surface area (Å²) < 4.78 is 5.62. The number of carbonyl (C=O) groups is 1. The van der Waals surface area contributed by atoms with Gasteiger partial charge in [0.2, 0.25) is 5.91 Å². The van der Waals surface area contributed by atoms with Crippen LogP contribution in [-0.4, -0.2) is 31.0 Å². The van der Waals surface area contributed by atoms with Gasteiger partial charge in [-0.15, -0.1) is 0 Å². The van der Waals surface area contributed by atoms with E-state index in [1.807, 2.05) is 25.1 Å². The number of amides is 1. The maximum atomic E-state index is 11.7. The van der Waals surface area contributed by atoms with Crippen LogP contribution in [0.5, 0.6) is 5.75 Å². The lowest BCUT2D eigenvalue weighted by molar-refractivity contribution is -0.130. The summed E-state index contributed by atoms with van der Waals surface area (Å²) >= 11 is 5.87. The summed E-state index contributed by atoms with van der Waals surface area (Å²) in [5.41, 5.74) is 0.981. The molecule has 0 atom stereocenters. The van der Waals surface area contributed by atoms with Crippen molar-refractivity contribution in [2.24, 2.45) is 0 Å². The molecule has 0 aliphatic heterocycles. The summed E-state index contributed by atoms with van der Waals surface area (Å²) in [5, 5.41) is 9.15. The minimum atomic E-state index is 0.0386. The van der Waals surface area contributed by atoms with E-state index in [2.05, 4.69) is 0 Å². The summed E-state index contributed by atoms with van der Waals surface area (Å²) in [6, 6.07) is 7.48. The molecule has 0 aromatic heterocycles. The normalized spacial score (nSPS) is 9.90. The molecule has 0 unspecified atom stereocenters. The third-order valence-corrected chi connectivity index (χ3v) is 3.15. The predicted octanol–water partition coefficient (Wildman–Crippen LogP) is 3.18. The molecule has 1 aromatic carbocycles. The standard InChI is InChI=1S/C15H19ClN2O2/c1-12-11-13(16)6-7-14(12)20-10-3-5-15(19)18(2)9-4-8-17/h6-7,11H,3-5,9-10H2,1-2H3. The highest BCUT2D eigenvalue weighted by Crippen LogP contribution is 2.21. The first kappa shape index (κ1) is 16.3. The molecule has 1 aromatic rings. The van der Waals surface area contributed by atoms with Crippen LogP contribution < -0.4 is 4.74 Å². The lowest BCUT2D eigenvalue weighted by Crippen LogP contribution is -2.27. The Kier molecular flexibility index (Phi) is 6.89. The highest BCUT2D eigenvalue weighted by Gasteiger charge is 2.08. The highest BCUT2D eigenvalue weighted by molar-refractivity contribution is 6.30. The van der Waals surface area contributed by atoms with Crippen LogP contribution in [0.2, 0.25) is 5.02 Å². The molecule has 0 radical (unpaired) electrons. The Morgan fingerprint density at radius 2 is 2.25 bits per heavy atom. The van der Waals surface area contributed by atoms with Crippen molar-refractivity contribution in [2.75, 3.05) is 20.2 Å². The van der Waals surface area contributed by atoms with Crippen molar-refractivity contribution < 1.29 is 9.53 Å². The molecule has 0 saturated carbocycles. The molecule has 0 fully saturated rings. The zero-order valence-corrected chi connectivity index (χ0v) is 12.6. The van der Waals surface area contributed by atoms with E-state index in [0.29, 0.717) is 37.4 Å².